The van der Waals surface area contributed by atoms with E-state index < -0.39 is 11.9 Å². The van der Waals surface area contributed by atoms with Gasteiger partial charge in [-0.15, -0.1) is 0 Å². The van der Waals surface area contributed by atoms with Crippen molar-refractivity contribution in [3.63, 3.8) is 0 Å². The summed E-state index contributed by atoms with van der Waals surface area (Å²) < 4.78 is 0. The fraction of sp³-hybridized carbons (Fsp3) is 0.0667. The molecular formula is C15H13Cl2N3O2. The van der Waals surface area contributed by atoms with Crippen molar-refractivity contribution in [3.8, 4) is 0 Å². The zero-order chi connectivity index (χ0) is 16.3. The highest BCUT2D eigenvalue weighted by Gasteiger charge is 2.20. The van der Waals surface area contributed by atoms with Crippen molar-refractivity contribution in [1.82, 2.24) is 0 Å². The molecule has 3 N–H and O–H groups in total. The van der Waals surface area contributed by atoms with Gasteiger partial charge in [-0.1, -0.05) is 29.3 Å². The minimum Gasteiger partial charge on any atom is -0.399 e. The molecule has 0 unspecified atom stereocenters. The molecule has 2 aromatic rings. The van der Waals surface area contributed by atoms with Crippen molar-refractivity contribution in [1.29, 1.82) is 0 Å². The number of nitrogens with zero attached hydrogens (tertiary/aromatic N) is 1. The first-order valence-corrected chi connectivity index (χ1v) is 7.06. The topological polar surface area (TPSA) is 75.4 Å². The predicted molar refractivity (Wildman–Crippen MR) is 89.5 cm³/mol. The summed E-state index contributed by atoms with van der Waals surface area (Å²) in [6.45, 7) is 1.29. The first-order valence-electron chi connectivity index (χ1n) is 6.31. The van der Waals surface area contributed by atoms with Gasteiger partial charge in [0.1, 0.15) is 0 Å². The Morgan fingerprint density at radius 2 is 1.82 bits per heavy atom. The lowest BCUT2D eigenvalue weighted by Crippen LogP contribution is -2.38. The third kappa shape index (κ3) is 3.69. The molecule has 0 saturated carbocycles. The van der Waals surface area contributed by atoms with E-state index in [0.29, 0.717) is 27.1 Å². The van der Waals surface area contributed by atoms with E-state index in [1.807, 2.05) is 0 Å². The number of amides is 3. The number of carbonyl (C=O) groups excluding carboxylic acids is 2. The number of nitrogen functional groups attached to an aromatic ring is 1. The summed E-state index contributed by atoms with van der Waals surface area (Å²) in [6.07, 6.45) is 0. The van der Waals surface area contributed by atoms with Crippen LogP contribution < -0.4 is 16.0 Å². The van der Waals surface area contributed by atoms with Crippen molar-refractivity contribution in [2.75, 3.05) is 16.0 Å². The minimum absolute atomic E-state index is 0.304. The number of nitrogens with two attached hydrogens (primary N) is 1. The van der Waals surface area contributed by atoms with Crippen molar-refractivity contribution in [2.24, 2.45) is 0 Å². The molecule has 0 bridgehead atoms. The first-order chi connectivity index (χ1) is 10.4. The quantitative estimate of drug-likeness (QED) is 0.808. The normalized spacial score (nSPS) is 10.1. The molecule has 0 saturated heterocycles. The van der Waals surface area contributed by atoms with Gasteiger partial charge in [0, 0.05) is 18.3 Å². The molecule has 3 amide bonds. The summed E-state index contributed by atoms with van der Waals surface area (Å²) in [7, 11) is 0. The standard InChI is InChI=1S/C15H13Cl2N3O2/c1-9(21)20(12-4-2-3-10(18)7-12)15(22)19-11-5-6-13(16)14(17)8-11/h2-8H,18H2,1H3,(H,19,22). The average molecular weight is 338 g/mol. The van der Waals surface area contributed by atoms with Gasteiger partial charge in [-0.2, -0.15) is 0 Å². The van der Waals surface area contributed by atoms with Gasteiger partial charge in [-0.05, 0) is 36.4 Å². The third-order valence-corrected chi connectivity index (χ3v) is 3.56. The molecule has 22 heavy (non-hydrogen) atoms. The third-order valence-electron chi connectivity index (χ3n) is 2.82. The number of benzene rings is 2. The fourth-order valence-corrected chi connectivity index (χ4v) is 2.16. The van der Waals surface area contributed by atoms with Crippen LogP contribution in [0.3, 0.4) is 0 Å². The molecule has 5 nitrogen and oxygen atoms in total. The Kier molecular flexibility index (Phi) is 4.90. The van der Waals surface area contributed by atoms with E-state index in [4.69, 9.17) is 28.9 Å². The number of urea groups is 1. The average Bonchev–Trinajstić information content (AvgIpc) is 2.42. The van der Waals surface area contributed by atoms with Gasteiger partial charge in [0.2, 0.25) is 5.91 Å². The molecule has 2 aromatic carbocycles. The summed E-state index contributed by atoms with van der Waals surface area (Å²) in [6, 6.07) is 10.5. The molecule has 0 aliphatic heterocycles. The zero-order valence-electron chi connectivity index (χ0n) is 11.6. The van der Waals surface area contributed by atoms with E-state index in [1.165, 1.54) is 19.1 Å². The van der Waals surface area contributed by atoms with Crippen molar-refractivity contribution < 1.29 is 9.59 Å². The van der Waals surface area contributed by atoms with E-state index in [9.17, 15) is 9.59 Å². The molecule has 7 heteroatoms. The second-order valence-electron chi connectivity index (χ2n) is 4.51. The monoisotopic (exact) mass is 337 g/mol. The molecule has 0 heterocycles. The molecule has 0 spiro atoms. The summed E-state index contributed by atoms with van der Waals surface area (Å²) in [5.41, 5.74) is 6.94. The Bertz CT molecular complexity index is 734. The summed E-state index contributed by atoms with van der Waals surface area (Å²) in [5.74, 6) is -0.442. The second-order valence-corrected chi connectivity index (χ2v) is 5.32. The fourth-order valence-electron chi connectivity index (χ4n) is 1.86. The maximum atomic E-state index is 12.3. The smallest absolute Gasteiger partial charge is 0.333 e. The second kappa shape index (κ2) is 6.68. The van der Waals surface area contributed by atoms with Gasteiger partial charge in [-0.3, -0.25) is 4.79 Å². The zero-order valence-corrected chi connectivity index (χ0v) is 13.2. The van der Waals surface area contributed by atoms with Crippen LogP contribution in [0.5, 0.6) is 0 Å². The molecule has 0 aromatic heterocycles. The highest BCUT2D eigenvalue weighted by Crippen LogP contribution is 2.26. The summed E-state index contributed by atoms with van der Waals surface area (Å²) >= 11 is 11.7. The lowest BCUT2D eigenvalue weighted by molar-refractivity contribution is -0.115. The van der Waals surface area contributed by atoms with Crippen LogP contribution in [-0.4, -0.2) is 11.9 Å². The molecular weight excluding hydrogens is 325 g/mol. The molecule has 0 aliphatic carbocycles. The molecule has 0 aliphatic rings. The number of nitrogens with one attached hydrogen (secondary N) is 1. The Morgan fingerprint density at radius 1 is 1.09 bits per heavy atom. The van der Waals surface area contributed by atoms with Crippen molar-refractivity contribution in [2.45, 2.75) is 6.92 Å². The molecule has 0 radical (unpaired) electrons. The SMILES string of the molecule is CC(=O)N(C(=O)Nc1ccc(Cl)c(Cl)c1)c1cccc(N)c1. The molecule has 0 atom stereocenters. The Morgan fingerprint density at radius 3 is 2.41 bits per heavy atom. The van der Waals surface area contributed by atoms with Crippen LogP contribution in [0.1, 0.15) is 6.92 Å². The number of rotatable bonds is 2. The Balaban J connectivity index is 2.27. The van der Waals surface area contributed by atoms with Crippen molar-refractivity contribution in [3.05, 3.63) is 52.5 Å². The number of hydrogen-bond donors (Lipinski definition) is 2. The summed E-state index contributed by atoms with van der Waals surface area (Å²) in [5, 5.41) is 3.27. The maximum absolute atomic E-state index is 12.3. The van der Waals surface area contributed by atoms with E-state index in [0.717, 1.165) is 4.90 Å². The van der Waals surface area contributed by atoms with Crippen LogP contribution in [0.15, 0.2) is 42.5 Å². The first kappa shape index (κ1) is 16.1. The van der Waals surface area contributed by atoms with E-state index in [2.05, 4.69) is 5.32 Å². The van der Waals surface area contributed by atoms with Crippen LogP contribution >= 0.6 is 23.2 Å². The Hall–Kier alpha value is -2.24. The van der Waals surface area contributed by atoms with Crippen LogP contribution in [0.25, 0.3) is 0 Å². The number of imide groups is 1. The lowest BCUT2D eigenvalue weighted by Gasteiger charge is -2.20. The van der Waals surface area contributed by atoms with Crippen LogP contribution in [0.2, 0.25) is 10.0 Å². The van der Waals surface area contributed by atoms with E-state index in [1.54, 1.807) is 30.3 Å². The van der Waals surface area contributed by atoms with Crippen molar-refractivity contribution >= 4 is 52.2 Å². The lowest BCUT2D eigenvalue weighted by atomic mass is 10.2. The van der Waals surface area contributed by atoms with Gasteiger partial charge >= 0.3 is 6.03 Å². The number of halogens is 2. The Labute approximate surface area is 137 Å². The van der Waals surface area contributed by atoms with Crippen LogP contribution in [0.4, 0.5) is 21.9 Å². The predicted octanol–water partition coefficient (Wildman–Crippen LogP) is 4.16. The molecule has 114 valence electrons. The van der Waals surface area contributed by atoms with Crippen LogP contribution in [-0.2, 0) is 4.79 Å². The number of anilines is 3. The van der Waals surface area contributed by atoms with Gasteiger partial charge in [0.25, 0.3) is 0 Å². The van der Waals surface area contributed by atoms with Gasteiger partial charge in [0.05, 0.1) is 15.7 Å². The highest BCUT2D eigenvalue weighted by molar-refractivity contribution is 6.42. The summed E-state index contributed by atoms with van der Waals surface area (Å²) in [4.78, 5) is 25.1. The van der Waals surface area contributed by atoms with Gasteiger partial charge in [-0.25, -0.2) is 9.69 Å². The van der Waals surface area contributed by atoms with Gasteiger partial charge in [0.15, 0.2) is 0 Å². The number of hydrogen-bond acceptors (Lipinski definition) is 3. The number of carbonyl (C=O) groups is 2. The highest BCUT2D eigenvalue weighted by atomic mass is 35.5. The maximum Gasteiger partial charge on any atom is 0.333 e. The van der Waals surface area contributed by atoms with Gasteiger partial charge < -0.3 is 11.1 Å². The minimum atomic E-state index is -0.614. The molecule has 2 rings (SSSR count). The van der Waals surface area contributed by atoms with E-state index >= 15 is 0 Å². The van der Waals surface area contributed by atoms with Crippen LogP contribution in [0, 0.1) is 0 Å². The largest absolute Gasteiger partial charge is 0.399 e. The molecule has 0 fully saturated rings. The van der Waals surface area contributed by atoms with E-state index in [-0.39, 0.29) is 0 Å².